The number of nitrogens with one attached hydrogen (secondary N) is 1. The third-order valence-corrected chi connectivity index (χ3v) is 3.93. The lowest BCUT2D eigenvalue weighted by Crippen LogP contribution is -2.41. The second kappa shape index (κ2) is 4.68. The smallest absolute Gasteiger partial charge is 0.295 e. The van der Waals surface area contributed by atoms with E-state index in [2.05, 4.69) is 15.5 Å². The second-order valence-corrected chi connectivity index (χ2v) is 5.11. The fourth-order valence-corrected chi connectivity index (χ4v) is 2.46. The van der Waals surface area contributed by atoms with E-state index in [0.29, 0.717) is 11.9 Å². The molecular formula is C12H18N4O2. The summed E-state index contributed by atoms with van der Waals surface area (Å²) < 4.78 is 5.18. The molecule has 0 bridgehead atoms. The normalized spacial score (nSPS) is 23.9. The highest BCUT2D eigenvalue weighted by Crippen LogP contribution is 2.25. The van der Waals surface area contributed by atoms with Crippen molar-refractivity contribution < 1.29 is 9.32 Å². The van der Waals surface area contributed by atoms with Gasteiger partial charge in [0.1, 0.15) is 0 Å². The number of hydrogen-bond acceptors (Lipinski definition) is 5. The van der Waals surface area contributed by atoms with E-state index in [4.69, 9.17) is 4.52 Å². The van der Waals surface area contributed by atoms with Crippen LogP contribution in [0.3, 0.4) is 0 Å². The van der Waals surface area contributed by atoms with Gasteiger partial charge in [-0.3, -0.25) is 4.79 Å². The predicted molar refractivity (Wildman–Crippen MR) is 64.0 cm³/mol. The molecule has 6 nitrogen and oxygen atoms in total. The predicted octanol–water partition coefficient (Wildman–Crippen LogP) is 1.12. The van der Waals surface area contributed by atoms with E-state index in [-0.39, 0.29) is 17.8 Å². The van der Waals surface area contributed by atoms with Crippen LogP contribution in [0, 0.1) is 0 Å². The maximum Gasteiger partial charge on any atom is 0.295 e. The number of rotatable bonds is 3. The molecule has 1 aromatic rings. The zero-order valence-corrected chi connectivity index (χ0v) is 10.6. The Morgan fingerprint density at radius 3 is 2.83 bits per heavy atom. The minimum Gasteiger partial charge on any atom is -0.337 e. The first-order valence-corrected chi connectivity index (χ1v) is 6.60. The first-order valence-electron chi connectivity index (χ1n) is 6.60. The molecule has 1 saturated heterocycles. The number of hydrogen-bond donors (Lipinski definition) is 1. The molecule has 0 spiro atoms. The lowest BCUT2D eigenvalue weighted by Gasteiger charge is -2.33. The van der Waals surface area contributed by atoms with Gasteiger partial charge in [0.15, 0.2) is 0 Å². The minimum absolute atomic E-state index is 0.119. The van der Waals surface area contributed by atoms with Crippen molar-refractivity contribution in [2.24, 2.45) is 0 Å². The third kappa shape index (κ3) is 2.01. The average molecular weight is 250 g/mol. The molecule has 1 amide bonds. The number of carbonyl (C=O) groups is 1. The molecule has 18 heavy (non-hydrogen) atoms. The van der Waals surface area contributed by atoms with Crippen molar-refractivity contribution in [1.29, 1.82) is 0 Å². The lowest BCUT2D eigenvalue weighted by atomic mass is 9.92. The van der Waals surface area contributed by atoms with Gasteiger partial charge in [-0.1, -0.05) is 5.16 Å². The third-order valence-electron chi connectivity index (χ3n) is 3.93. The van der Waals surface area contributed by atoms with Crippen molar-refractivity contribution in [3.8, 4) is 0 Å². The Morgan fingerprint density at radius 2 is 2.22 bits per heavy atom. The van der Waals surface area contributed by atoms with Gasteiger partial charge in [0, 0.05) is 13.1 Å². The standard InChI is InChI=1S/C12H18N4O2/c1-16(8-4-2-5-8)12(17)10-14-11(18-15-10)9-6-3-7-13-9/h8-9,13H,2-7H2,1H3. The van der Waals surface area contributed by atoms with Crippen LogP contribution >= 0.6 is 0 Å². The molecule has 1 N–H and O–H groups in total. The topological polar surface area (TPSA) is 71.3 Å². The summed E-state index contributed by atoms with van der Waals surface area (Å²) in [7, 11) is 1.82. The highest BCUT2D eigenvalue weighted by Gasteiger charge is 2.30. The van der Waals surface area contributed by atoms with E-state index in [1.807, 2.05) is 7.05 Å². The Kier molecular flexibility index (Phi) is 3.03. The zero-order valence-electron chi connectivity index (χ0n) is 10.6. The Hall–Kier alpha value is -1.43. The summed E-state index contributed by atoms with van der Waals surface area (Å²) in [6.07, 6.45) is 5.46. The quantitative estimate of drug-likeness (QED) is 0.870. The van der Waals surface area contributed by atoms with Crippen molar-refractivity contribution in [2.75, 3.05) is 13.6 Å². The van der Waals surface area contributed by atoms with E-state index in [0.717, 1.165) is 32.2 Å². The Labute approximate surface area is 106 Å². The zero-order chi connectivity index (χ0) is 12.5. The molecule has 3 rings (SSSR count). The van der Waals surface area contributed by atoms with E-state index < -0.39 is 0 Å². The number of aromatic nitrogens is 2. The summed E-state index contributed by atoms with van der Waals surface area (Å²) in [4.78, 5) is 18.1. The monoisotopic (exact) mass is 250 g/mol. The molecule has 1 atom stereocenters. The second-order valence-electron chi connectivity index (χ2n) is 5.11. The van der Waals surface area contributed by atoms with Crippen LogP contribution in [0.4, 0.5) is 0 Å². The summed E-state index contributed by atoms with van der Waals surface area (Å²) >= 11 is 0. The van der Waals surface area contributed by atoms with E-state index in [1.165, 1.54) is 6.42 Å². The fourth-order valence-electron chi connectivity index (χ4n) is 2.46. The lowest BCUT2D eigenvalue weighted by molar-refractivity contribution is 0.0636. The maximum atomic E-state index is 12.1. The summed E-state index contributed by atoms with van der Waals surface area (Å²) in [6, 6.07) is 0.470. The first-order chi connectivity index (χ1) is 8.75. The molecule has 1 aliphatic heterocycles. The molecule has 0 radical (unpaired) electrons. The van der Waals surface area contributed by atoms with Gasteiger partial charge in [0.2, 0.25) is 5.89 Å². The van der Waals surface area contributed by atoms with Crippen molar-refractivity contribution in [2.45, 2.75) is 44.2 Å². The Morgan fingerprint density at radius 1 is 1.39 bits per heavy atom. The highest BCUT2D eigenvalue weighted by atomic mass is 16.5. The highest BCUT2D eigenvalue weighted by molar-refractivity contribution is 5.90. The fraction of sp³-hybridized carbons (Fsp3) is 0.750. The van der Waals surface area contributed by atoms with Gasteiger partial charge in [-0.15, -0.1) is 0 Å². The molecular weight excluding hydrogens is 232 g/mol. The molecule has 2 heterocycles. The number of carbonyl (C=O) groups excluding carboxylic acids is 1. The van der Waals surface area contributed by atoms with Gasteiger partial charge in [-0.2, -0.15) is 4.98 Å². The number of amides is 1. The van der Waals surface area contributed by atoms with Crippen LogP contribution in [-0.4, -0.2) is 40.6 Å². The molecule has 98 valence electrons. The van der Waals surface area contributed by atoms with Crippen molar-refractivity contribution >= 4 is 5.91 Å². The van der Waals surface area contributed by atoms with Crippen LogP contribution in [0.2, 0.25) is 0 Å². The number of nitrogens with zero attached hydrogens (tertiary/aromatic N) is 3. The summed E-state index contributed by atoms with van der Waals surface area (Å²) in [5.41, 5.74) is 0. The van der Waals surface area contributed by atoms with Gasteiger partial charge in [0.05, 0.1) is 6.04 Å². The van der Waals surface area contributed by atoms with Gasteiger partial charge in [-0.25, -0.2) is 0 Å². The van der Waals surface area contributed by atoms with E-state index in [1.54, 1.807) is 4.90 Å². The van der Waals surface area contributed by atoms with Gasteiger partial charge < -0.3 is 14.7 Å². The van der Waals surface area contributed by atoms with Crippen LogP contribution < -0.4 is 5.32 Å². The average Bonchev–Trinajstić information content (AvgIpc) is 2.96. The van der Waals surface area contributed by atoms with Gasteiger partial charge in [0.25, 0.3) is 11.7 Å². The van der Waals surface area contributed by atoms with Crippen LogP contribution in [0.1, 0.15) is 54.7 Å². The largest absolute Gasteiger partial charge is 0.337 e. The summed E-state index contributed by atoms with van der Waals surface area (Å²) in [5, 5.41) is 7.08. The molecule has 1 saturated carbocycles. The first kappa shape index (κ1) is 11.6. The van der Waals surface area contributed by atoms with Gasteiger partial charge >= 0.3 is 0 Å². The van der Waals surface area contributed by atoms with E-state index in [9.17, 15) is 4.79 Å². The van der Waals surface area contributed by atoms with Crippen LogP contribution in [0.15, 0.2) is 4.52 Å². The molecule has 2 aliphatic rings. The summed E-state index contributed by atoms with van der Waals surface area (Å²) in [6.45, 7) is 0.971. The Bertz CT molecular complexity index is 435. The molecule has 1 aliphatic carbocycles. The molecule has 6 heteroatoms. The van der Waals surface area contributed by atoms with Crippen LogP contribution in [0.25, 0.3) is 0 Å². The molecule has 1 unspecified atom stereocenters. The summed E-state index contributed by atoms with van der Waals surface area (Å²) in [5.74, 6) is 0.596. The van der Waals surface area contributed by atoms with Gasteiger partial charge in [-0.05, 0) is 38.6 Å². The van der Waals surface area contributed by atoms with E-state index >= 15 is 0 Å². The Balaban J connectivity index is 1.69. The van der Waals surface area contributed by atoms with Crippen LogP contribution in [-0.2, 0) is 0 Å². The van der Waals surface area contributed by atoms with Crippen molar-refractivity contribution in [1.82, 2.24) is 20.4 Å². The SMILES string of the molecule is CN(C(=O)c1noc(C2CCCN2)n1)C1CCC1. The van der Waals surface area contributed by atoms with Crippen molar-refractivity contribution in [3.63, 3.8) is 0 Å². The van der Waals surface area contributed by atoms with Crippen molar-refractivity contribution in [3.05, 3.63) is 11.7 Å². The molecule has 2 fully saturated rings. The molecule has 0 aromatic carbocycles. The maximum absolute atomic E-state index is 12.1. The van der Waals surface area contributed by atoms with Crippen LogP contribution in [0.5, 0.6) is 0 Å². The molecule has 1 aromatic heterocycles. The minimum atomic E-state index is -0.132.